The number of anilines is 3. The van der Waals surface area contributed by atoms with Crippen molar-refractivity contribution in [2.75, 3.05) is 4.90 Å². The molecule has 4 heteroatoms. The van der Waals surface area contributed by atoms with Crippen LogP contribution in [0.5, 0.6) is 0 Å². The molecule has 0 aliphatic heterocycles. The number of aromatic nitrogens is 1. The van der Waals surface area contributed by atoms with Crippen molar-refractivity contribution < 1.29 is 8.83 Å². The number of furan rings is 2. The third kappa shape index (κ3) is 4.28. The molecule has 0 radical (unpaired) electrons. The van der Waals surface area contributed by atoms with Gasteiger partial charge in [-0.1, -0.05) is 121 Å². The van der Waals surface area contributed by atoms with Crippen LogP contribution >= 0.6 is 0 Å². The Morgan fingerprint density at radius 1 is 0.423 bits per heavy atom. The first-order valence-electron chi connectivity index (χ1n) is 17.6. The van der Waals surface area contributed by atoms with E-state index in [0.717, 1.165) is 72.3 Å². The van der Waals surface area contributed by atoms with Gasteiger partial charge in [-0.3, -0.25) is 4.57 Å². The SMILES string of the molecule is c1ccc2c(-c3ccc(N(c4ccc(-n5c6ccccc6c6c7ccccc7oc65)cc4)c4cccc5c4oc4ccccc45)cc3)cccc2c1. The molecule has 0 N–H and O–H groups in total. The van der Waals surface area contributed by atoms with Gasteiger partial charge < -0.3 is 13.7 Å². The highest BCUT2D eigenvalue weighted by molar-refractivity contribution is 6.20. The minimum atomic E-state index is 0.850. The molecule has 3 heterocycles. The van der Waals surface area contributed by atoms with Crippen molar-refractivity contribution in [1.29, 1.82) is 0 Å². The summed E-state index contributed by atoms with van der Waals surface area (Å²) in [6.45, 7) is 0. The van der Waals surface area contributed by atoms with E-state index in [4.69, 9.17) is 8.83 Å². The molecule has 0 amide bonds. The maximum absolute atomic E-state index is 6.60. The maximum Gasteiger partial charge on any atom is 0.213 e. The second-order valence-electron chi connectivity index (χ2n) is 13.3. The van der Waals surface area contributed by atoms with Crippen molar-refractivity contribution >= 4 is 82.7 Å². The fourth-order valence-corrected chi connectivity index (χ4v) is 8.05. The standard InChI is InChI=1S/C48H30N2O2/c1-2-13-36-31(11-1)12-9-17-37(36)32-23-25-33(26-24-32)49(43-20-10-18-39-38-14-4-7-21-44(38)51-47(39)43)34-27-29-35(30-28-34)50-42-19-6-3-15-40(42)46-41-16-5-8-22-45(41)52-48(46)50/h1-30H. The Morgan fingerprint density at radius 3 is 1.83 bits per heavy atom. The number of fused-ring (bicyclic) bond motifs is 9. The van der Waals surface area contributed by atoms with E-state index in [2.05, 4.69) is 167 Å². The van der Waals surface area contributed by atoms with Crippen LogP contribution in [0.4, 0.5) is 17.1 Å². The average molecular weight is 667 g/mol. The minimum Gasteiger partial charge on any atom is -0.454 e. The summed E-state index contributed by atoms with van der Waals surface area (Å²) in [5.41, 5.74) is 11.0. The molecule has 0 saturated heterocycles. The van der Waals surface area contributed by atoms with Gasteiger partial charge in [0.05, 0.1) is 16.6 Å². The topological polar surface area (TPSA) is 34.5 Å². The van der Waals surface area contributed by atoms with E-state index < -0.39 is 0 Å². The van der Waals surface area contributed by atoms with Gasteiger partial charge in [0.15, 0.2) is 5.58 Å². The molecule has 0 atom stereocenters. The van der Waals surface area contributed by atoms with Crippen LogP contribution in [0.25, 0.3) is 82.5 Å². The van der Waals surface area contributed by atoms with Crippen LogP contribution in [0.1, 0.15) is 0 Å². The number of rotatable bonds is 5. The Hall–Kier alpha value is -7.04. The van der Waals surface area contributed by atoms with Gasteiger partial charge in [-0.15, -0.1) is 0 Å². The van der Waals surface area contributed by atoms with Gasteiger partial charge >= 0.3 is 0 Å². The molecule has 11 aromatic rings. The van der Waals surface area contributed by atoms with Crippen LogP contribution in [-0.4, -0.2) is 4.57 Å². The molecule has 4 nitrogen and oxygen atoms in total. The second-order valence-corrected chi connectivity index (χ2v) is 13.3. The van der Waals surface area contributed by atoms with Crippen LogP contribution in [0, 0.1) is 0 Å². The quantitative estimate of drug-likeness (QED) is 0.183. The average Bonchev–Trinajstić information content (AvgIpc) is 3.88. The third-order valence-corrected chi connectivity index (χ3v) is 10.4. The zero-order valence-electron chi connectivity index (χ0n) is 28.0. The number of hydrogen-bond donors (Lipinski definition) is 0. The summed E-state index contributed by atoms with van der Waals surface area (Å²) in [6.07, 6.45) is 0. The summed E-state index contributed by atoms with van der Waals surface area (Å²) >= 11 is 0. The highest BCUT2D eigenvalue weighted by atomic mass is 16.3. The molecule has 0 spiro atoms. The molecule has 11 rings (SSSR count). The van der Waals surface area contributed by atoms with Gasteiger partial charge in [0.1, 0.15) is 11.2 Å². The van der Waals surface area contributed by atoms with Crippen molar-refractivity contribution in [3.05, 3.63) is 182 Å². The fraction of sp³-hybridized carbons (Fsp3) is 0. The van der Waals surface area contributed by atoms with E-state index >= 15 is 0 Å². The smallest absolute Gasteiger partial charge is 0.213 e. The zero-order chi connectivity index (χ0) is 34.2. The van der Waals surface area contributed by atoms with E-state index in [1.807, 2.05) is 24.3 Å². The molecule has 0 unspecified atom stereocenters. The van der Waals surface area contributed by atoms with Gasteiger partial charge in [0.25, 0.3) is 0 Å². The van der Waals surface area contributed by atoms with Crippen molar-refractivity contribution in [2.24, 2.45) is 0 Å². The normalized spacial score (nSPS) is 11.8. The van der Waals surface area contributed by atoms with Crippen LogP contribution < -0.4 is 4.90 Å². The number of benzene rings is 8. The molecule has 0 saturated carbocycles. The van der Waals surface area contributed by atoms with Gasteiger partial charge in [0.2, 0.25) is 5.71 Å². The molecule has 0 aliphatic carbocycles. The Labute approximate surface area is 299 Å². The highest BCUT2D eigenvalue weighted by Crippen LogP contribution is 2.44. The molecule has 52 heavy (non-hydrogen) atoms. The first kappa shape index (κ1) is 28.8. The van der Waals surface area contributed by atoms with Gasteiger partial charge in [-0.25, -0.2) is 0 Å². The summed E-state index contributed by atoms with van der Waals surface area (Å²) in [4.78, 5) is 2.30. The third-order valence-electron chi connectivity index (χ3n) is 10.4. The lowest BCUT2D eigenvalue weighted by Gasteiger charge is -2.26. The van der Waals surface area contributed by atoms with Crippen LogP contribution in [0.2, 0.25) is 0 Å². The van der Waals surface area contributed by atoms with Crippen molar-refractivity contribution in [3.8, 4) is 16.8 Å². The second kappa shape index (κ2) is 11.2. The Kier molecular flexibility index (Phi) is 6.22. The van der Waals surface area contributed by atoms with Crippen molar-refractivity contribution in [1.82, 2.24) is 4.57 Å². The first-order chi connectivity index (χ1) is 25.8. The summed E-state index contributed by atoms with van der Waals surface area (Å²) in [6, 6.07) is 64.2. The summed E-state index contributed by atoms with van der Waals surface area (Å²) in [5.74, 6) is 0. The molecule has 0 aliphatic rings. The van der Waals surface area contributed by atoms with Crippen molar-refractivity contribution in [3.63, 3.8) is 0 Å². The summed E-state index contributed by atoms with van der Waals surface area (Å²) in [7, 11) is 0. The van der Waals surface area contributed by atoms with Gasteiger partial charge in [-0.05, 0) is 82.6 Å². The van der Waals surface area contributed by atoms with E-state index in [1.54, 1.807) is 0 Å². The van der Waals surface area contributed by atoms with Crippen LogP contribution in [-0.2, 0) is 0 Å². The van der Waals surface area contributed by atoms with Gasteiger partial charge in [-0.2, -0.15) is 0 Å². The fourth-order valence-electron chi connectivity index (χ4n) is 8.05. The lowest BCUT2D eigenvalue weighted by atomic mass is 9.98. The molecule has 3 aromatic heterocycles. The Bertz CT molecular complexity index is 3120. The molecule has 244 valence electrons. The molecule has 8 aromatic carbocycles. The van der Waals surface area contributed by atoms with Gasteiger partial charge in [0, 0.05) is 38.6 Å². The maximum atomic E-state index is 6.60. The lowest BCUT2D eigenvalue weighted by molar-refractivity contribution is 0.645. The minimum absolute atomic E-state index is 0.850. The van der Waals surface area contributed by atoms with E-state index in [-0.39, 0.29) is 0 Å². The largest absolute Gasteiger partial charge is 0.454 e. The number of hydrogen-bond acceptors (Lipinski definition) is 3. The number of nitrogens with zero attached hydrogens (tertiary/aromatic N) is 2. The Balaban J connectivity index is 1.09. The predicted molar refractivity (Wildman–Crippen MR) is 215 cm³/mol. The predicted octanol–water partition coefficient (Wildman–Crippen LogP) is 13.7. The van der Waals surface area contributed by atoms with Crippen molar-refractivity contribution in [2.45, 2.75) is 0 Å². The molecular weight excluding hydrogens is 637 g/mol. The summed E-state index contributed by atoms with van der Waals surface area (Å²) < 4.78 is 15.4. The molecular formula is C48H30N2O2. The summed E-state index contributed by atoms with van der Waals surface area (Å²) in [5, 5.41) is 8.12. The monoisotopic (exact) mass is 666 g/mol. The molecule has 0 fully saturated rings. The van der Waals surface area contributed by atoms with Crippen LogP contribution in [0.3, 0.4) is 0 Å². The Morgan fingerprint density at radius 2 is 1.02 bits per heavy atom. The van der Waals surface area contributed by atoms with E-state index in [1.165, 1.54) is 27.3 Å². The lowest BCUT2D eigenvalue weighted by Crippen LogP contribution is -2.10. The number of para-hydroxylation sites is 4. The van der Waals surface area contributed by atoms with Crippen LogP contribution in [0.15, 0.2) is 191 Å². The molecule has 0 bridgehead atoms. The van der Waals surface area contributed by atoms with E-state index in [9.17, 15) is 0 Å². The zero-order valence-corrected chi connectivity index (χ0v) is 28.0. The first-order valence-corrected chi connectivity index (χ1v) is 17.6. The van der Waals surface area contributed by atoms with E-state index in [0.29, 0.717) is 0 Å². The highest BCUT2D eigenvalue weighted by Gasteiger charge is 2.22.